The maximum absolute atomic E-state index is 3.50. The first-order valence-corrected chi connectivity index (χ1v) is 5.82. The van der Waals surface area contributed by atoms with E-state index < -0.39 is 0 Å². The predicted octanol–water partition coefficient (Wildman–Crippen LogP) is 2.49. The summed E-state index contributed by atoms with van der Waals surface area (Å²) in [6, 6.07) is 9.58. The summed E-state index contributed by atoms with van der Waals surface area (Å²) in [5, 5.41) is 3.50. The van der Waals surface area contributed by atoms with E-state index >= 15 is 0 Å². The molecule has 0 unspecified atom stereocenters. The predicted molar refractivity (Wildman–Crippen MR) is 63.0 cm³/mol. The summed E-state index contributed by atoms with van der Waals surface area (Å²) in [5.41, 5.74) is 3.13. The SMILES string of the molecule is CN[C@@H]1[C@@H]2CC=C[C@H]1Cc1ccccc12. The Morgan fingerprint density at radius 2 is 2.13 bits per heavy atom. The van der Waals surface area contributed by atoms with Crippen LogP contribution in [0.25, 0.3) is 0 Å². The van der Waals surface area contributed by atoms with Crippen LogP contribution in [0.3, 0.4) is 0 Å². The molecule has 78 valence electrons. The monoisotopic (exact) mass is 199 g/mol. The number of rotatable bonds is 1. The van der Waals surface area contributed by atoms with Gasteiger partial charge in [-0.05, 0) is 36.9 Å². The highest BCUT2D eigenvalue weighted by Crippen LogP contribution is 2.40. The number of benzene rings is 1. The summed E-state index contributed by atoms with van der Waals surface area (Å²) in [5.74, 6) is 1.39. The van der Waals surface area contributed by atoms with Gasteiger partial charge in [0.15, 0.2) is 0 Å². The maximum Gasteiger partial charge on any atom is 0.0202 e. The van der Waals surface area contributed by atoms with E-state index in [-0.39, 0.29) is 0 Å². The molecule has 0 amide bonds. The second-order valence-electron chi connectivity index (χ2n) is 4.65. The van der Waals surface area contributed by atoms with E-state index in [1.54, 1.807) is 11.1 Å². The second-order valence-corrected chi connectivity index (χ2v) is 4.65. The van der Waals surface area contributed by atoms with Gasteiger partial charge in [0.25, 0.3) is 0 Å². The Balaban J connectivity index is 2.08. The summed E-state index contributed by atoms with van der Waals surface area (Å²) in [7, 11) is 2.10. The number of allylic oxidation sites excluding steroid dienone is 1. The van der Waals surface area contributed by atoms with Crippen molar-refractivity contribution >= 4 is 0 Å². The highest BCUT2D eigenvalue weighted by Gasteiger charge is 2.35. The molecule has 2 aliphatic carbocycles. The Kier molecular flexibility index (Phi) is 2.14. The van der Waals surface area contributed by atoms with E-state index in [9.17, 15) is 0 Å². The first-order valence-electron chi connectivity index (χ1n) is 5.82. The molecule has 1 aromatic carbocycles. The first-order chi connectivity index (χ1) is 7.40. The summed E-state index contributed by atoms with van der Waals surface area (Å²) in [4.78, 5) is 0. The van der Waals surface area contributed by atoms with Crippen LogP contribution in [0, 0.1) is 5.92 Å². The standard InChI is InChI=1S/C14H17N/c1-15-14-11-6-4-8-13(14)12-7-3-2-5-10(12)9-11/h2-7,11,13-15H,8-9H2,1H3/t11-,13+,14-/m0/s1. The van der Waals surface area contributed by atoms with Crippen LogP contribution in [0.4, 0.5) is 0 Å². The maximum atomic E-state index is 3.50. The van der Waals surface area contributed by atoms with Crippen molar-refractivity contribution in [2.45, 2.75) is 24.8 Å². The lowest BCUT2D eigenvalue weighted by atomic mass is 9.69. The van der Waals surface area contributed by atoms with Crippen LogP contribution in [0.2, 0.25) is 0 Å². The quantitative estimate of drug-likeness (QED) is 0.685. The summed E-state index contributed by atoms with van der Waals surface area (Å²) in [6.07, 6.45) is 7.15. The lowest BCUT2D eigenvalue weighted by molar-refractivity contribution is 0.330. The van der Waals surface area contributed by atoms with E-state index in [1.807, 2.05) is 0 Å². The molecule has 15 heavy (non-hydrogen) atoms. The van der Waals surface area contributed by atoms with Gasteiger partial charge in [-0.3, -0.25) is 0 Å². The Bertz CT molecular complexity index is 394. The zero-order valence-corrected chi connectivity index (χ0v) is 9.11. The highest BCUT2D eigenvalue weighted by molar-refractivity contribution is 5.38. The third-order valence-corrected chi connectivity index (χ3v) is 3.91. The minimum absolute atomic E-state index is 0.643. The minimum Gasteiger partial charge on any atom is -0.316 e. The molecule has 3 rings (SSSR count). The zero-order valence-electron chi connectivity index (χ0n) is 9.11. The molecule has 0 saturated heterocycles. The molecule has 1 N–H and O–H groups in total. The number of fused-ring (bicyclic) bond motifs is 4. The minimum atomic E-state index is 0.643. The molecule has 0 aromatic heterocycles. The van der Waals surface area contributed by atoms with Gasteiger partial charge < -0.3 is 5.32 Å². The molecule has 1 nitrogen and oxygen atoms in total. The second kappa shape index (κ2) is 3.49. The third-order valence-electron chi connectivity index (χ3n) is 3.91. The van der Waals surface area contributed by atoms with Crippen molar-refractivity contribution in [1.82, 2.24) is 5.32 Å². The number of likely N-dealkylation sites (N-methyl/N-ethyl adjacent to an activating group) is 1. The fraction of sp³-hybridized carbons (Fsp3) is 0.429. The third kappa shape index (κ3) is 1.34. The van der Waals surface area contributed by atoms with E-state index in [4.69, 9.17) is 0 Å². The Labute approximate surface area is 91.2 Å². The Morgan fingerprint density at radius 3 is 3.00 bits per heavy atom. The van der Waals surface area contributed by atoms with Gasteiger partial charge >= 0.3 is 0 Å². The van der Waals surface area contributed by atoms with Crippen molar-refractivity contribution in [2.24, 2.45) is 5.92 Å². The van der Waals surface area contributed by atoms with Crippen molar-refractivity contribution in [3.8, 4) is 0 Å². The van der Waals surface area contributed by atoms with E-state index in [2.05, 4.69) is 48.8 Å². The van der Waals surface area contributed by atoms with Crippen molar-refractivity contribution in [3.05, 3.63) is 47.5 Å². The van der Waals surface area contributed by atoms with Gasteiger partial charge in [-0.1, -0.05) is 36.4 Å². The first kappa shape index (κ1) is 9.17. The van der Waals surface area contributed by atoms with Crippen molar-refractivity contribution in [3.63, 3.8) is 0 Å². The molecule has 0 fully saturated rings. The average molecular weight is 199 g/mol. The molecule has 0 heterocycles. The largest absolute Gasteiger partial charge is 0.316 e. The lowest BCUT2D eigenvalue weighted by Crippen LogP contribution is -2.44. The summed E-state index contributed by atoms with van der Waals surface area (Å²) in [6.45, 7) is 0. The normalized spacial score (nSPS) is 32.5. The molecule has 0 spiro atoms. The van der Waals surface area contributed by atoms with Gasteiger partial charge in [0, 0.05) is 12.0 Å². The van der Waals surface area contributed by atoms with Crippen molar-refractivity contribution in [2.75, 3.05) is 7.05 Å². The van der Waals surface area contributed by atoms with Crippen molar-refractivity contribution < 1.29 is 0 Å². The van der Waals surface area contributed by atoms with Crippen LogP contribution in [-0.4, -0.2) is 13.1 Å². The Hall–Kier alpha value is -1.08. The zero-order chi connectivity index (χ0) is 10.3. The van der Waals surface area contributed by atoms with Gasteiger partial charge in [-0.25, -0.2) is 0 Å². The number of hydrogen-bond donors (Lipinski definition) is 1. The van der Waals surface area contributed by atoms with Crippen LogP contribution >= 0.6 is 0 Å². The van der Waals surface area contributed by atoms with Gasteiger partial charge in [0.05, 0.1) is 0 Å². The highest BCUT2D eigenvalue weighted by atomic mass is 14.9. The van der Waals surface area contributed by atoms with E-state index in [0.29, 0.717) is 17.9 Å². The van der Waals surface area contributed by atoms with Crippen molar-refractivity contribution in [1.29, 1.82) is 0 Å². The molecule has 0 aliphatic heterocycles. The average Bonchev–Trinajstić information content (AvgIpc) is 2.28. The van der Waals surface area contributed by atoms with E-state index in [1.165, 1.54) is 12.8 Å². The molecular weight excluding hydrogens is 182 g/mol. The van der Waals surface area contributed by atoms with Gasteiger partial charge in [0.1, 0.15) is 0 Å². The number of hydrogen-bond acceptors (Lipinski definition) is 1. The Morgan fingerprint density at radius 1 is 1.27 bits per heavy atom. The van der Waals surface area contributed by atoms with Crippen LogP contribution in [-0.2, 0) is 6.42 Å². The van der Waals surface area contributed by atoms with Gasteiger partial charge in [0.2, 0.25) is 0 Å². The fourth-order valence-corrected chi connectivity index (χ4v) is 3.23. The van der Waals surface area contributed by atoms with Gasteiger partial charge in [-0.2, -0.15) is 0 Å². The van der Waals surface area contributed by atoms with Crippen LogP contribution in [0.1, 0.15) is 23.5 Å². The van der Waals surface area contributed by atoms with Crippen LogP contribution in [0.5, 0.6) is 0 Å². The topological polar surface area (TPSA) is 12.0 Å². The number of nitrogens with one attached hydrogen (secondary N) is 1. The van der Waals surface area contributed by atoms with Crippen LogP contribution < -0.4 is 5.32 Å². The smallest absolute Gasteiger partial charge is 0.0202 e. The van der Waals surface area contributed by atoms with Crippen LogP contribution in [0.15, 0.2) is 36.4 Å². The molecule has 1 heteroatoms. The molecule has 2 aliphatic rings. The molecule has 1 aromatic rings. The molecule has 2 bridgehead atoms. The summed E-state index contributed by atoms with van der Waals surface area (Å²) < 4.78 is 0. The van der Waals surface area contributed by atoms with Gasteiger partial charge in [-0.15, -0.1) is 0 Å². The van der Waals surface area contributed by atoms with E-state index in [0.717, 1.165) is 0 Å². The molecule has 0 saturated carbocycles. The molecular formula is C14H17N. The molecule has 3 atom stereocenters. The fourth-order valence-electron chi connectivity index (χ4n) is 3.23. The molecule has 0 radical (unpaired) electrons. The lowest BCUT2D eigenvalue weighted by Gasteiger charge is -2.40. The summed E-state index contributed by atoms with van der Waals surface area (Å²) >= 11 is 0.